The molecule has 78 valence electrons. The molecule has 14 heavy (non-hydrogen) atoms. The second kappa shape index (κ2) is 4.71. The number of hydrogen-bond acceptors (Lipinski definition) is 4. The lowest BCUT2D eigenvalue weighted by Gasteiger charge is -2.07. The molecular weight excluding hydrogens is 182 g/mol. The first-order valence-corrected chi connectivity index (χ1v) is 4.47. The highest BCUT2D eigenvalue weighted by molar-refractivity contribution is 5.90. The van der Waals surface area contributed by atoms with Crippen LogP contribution in [0, 0.1) is 0 Å². The monoisotopic (exact) mass is 197 g/mol. The quantitative estimate of drug-likeness (QED) is 0.698. The second-order valence-electron chi connectivity index (χ2n) is 3.35. The van der Waals surface area contributed by atoms with E-state index in [9.17, 15) is 4.79 Å². The fourth-order valence-corrected chi connectivity index (χ4v) is 0.862. The largest absolute Gasteiger partial charge is 0.306 e. The van der Waals surface area contributed by atoms with E-state index in [0.717, 1.165) is 0 Å². The van der Waals surface area contributed by atoms with Crippen molar-refractivity contribution in [2.75, 3.05) is 11.9 Å². The molecule has 1 rings (SSSR count). The van der Waals surface area contributed by atoms with Crippen molar-refractivity contribution in [1.29, 1.82) is 0 Å². The molecule has 0 bridgehead atoms. The van der Waals surface area contributed by atoms with Gasteiger partial charge in [0.05, 0.1) is 6.54 Å². The molecule has 0 aromatic carbocycles. The Hall–Kier alpha value is -1.43. The molecule has 0 fully saturated rings. The van der Waals surface area contributed by atoms with Gasteiger partial charge in [0.2, 0.25) is 11.9 Å². The molecule has 0 spiro atoms. The van der Waals surface area contributed by atoms with E-state index in [1.807, 2.05) is 13.8 Å². The molecule has 6 nitrogen and oxygen atoms in total. The van der Waals surface area contributed by atoms with Crippen molar-refractivity contribution >= 4 is 11.9 Å². The van der Waals surface area contributed by atoms with Crippen molar-refractivity contribution in [2.45, 2.75) is 19.9 Å². The molecule has 0 unspecified atom stereocenters. The van der Waals surface area contributed by atoms with Crippen molar-refractivity contribution in [3.05, 3.63) is 6.33 Å². The third-order valence-electron chi connectivity index (χ3n) is 1.63. The summed E-state index contributed by atoms with van der Waals surface area (Å²) >= 11 is 0. The number of aryl methyl sites for hydroxylation is 1. The maximum Gasteiger partial charge on any atom is 0.240 e. The summed E-state index contributed by atoms with van der Waals surface area (Å²) in [5, 5.41) is 13.0. The molecule has 0 aliphatic carbocycles. The standard InChI is InChI=1S/C8H15N5O/c1-6(2)9-4-7(14)11-8-12-10-5-13(8)3/h5-6,9H,4H2,1-3H3,(H,11,12,14). The number of rotatable bonds is 4. The van der Waals surface area contributed by atoms with Crippen LogP contribution >= 0.6 is 0 Å². The molecule has 0 saturated heterocycles. The lowest BCUT2D eigenvalue weighted by Crippen LogP contribution is -2.33. The molecule has 0 aliphatic heterocycles. The van der Waals surface area contributed by atoms with Crippen LogP contribution in [0.1, 0.15) is 13.8 Å². The minimum Gasteiger partial charge on any atom is -0.306 e. The van der Waals surface area contributed by atoms with Crippen LogP contribution in [0.15, 0.2) is 6.33 Å². The first-order chi connectivity index (χ1) is 6.59. The van der Waals surface area contributed by atoms with Crippen molar-refractivity contribution in [3.8, 4) is 0 Å². The van der Waals surface area contributed by atoms with Gasteiger partial charge in [0.1, 0.15) is 6.33 Å². The third kappa shape index (κ3) is 3.14. The number of hydrogen-bond donors (Lipinski definition) is 2. The molecule has 1 aromatic heterocycles. The smallest absolute Gasteiger partial charge is 0.240 e. The summed E-state index contributed by atoms with van der Waals surface area (Å²) in [5.41, 5.74) is 0. The molecule has 1 amide bonds. The lowest BCUT2D eigenvalue weighted by molar-refractivity contribution is -0.115. The summed E-state index contributed by atoms with van der Waals surface area (Å²) in [5.74, 6) is 0.343. The average molecular weight is 197 g/mol. The zero-order valence-corrected chi connectivity index (χ0v) is 8.61. The van der Waals surface area contributed by atoms with Gasteiger partial charge in [0.25, 0.3) is 0 Å². The molecule has 1 heterocycles. The van der Waals surface area contributed by atoms with Crippen LogP contribution in [0.4, 0.5) is 5.95 Å². The van der Waals surface area contributed by atoms with E-state index >= 15 is 0 Å². The van der Waals surface area contributed by atoms with Crippen molar-refractivity contribution in [1.82, 2.24) is 20.1 Å². The van der Waals surface area contributed by atoms with Gasteiger partial charge in [-0.1, -0.05) is 13.8 Å². The number of amides is 1. The Bertz CT molecular complexity index is 306. The number of carbonyl (C=O) groups is 1. The highest BCUT2D eigenvalue weighted by Gasteiger charge is 2.06. The molecule has 2 N–H and O–H groups in total. The van der Waals surface area contributed by atoms with Gasteiger partial charge >= 0.3 is 0 Å². The van der Waals surface area contributed by atoms with Crippen LogP contribution in [0.25, 0.3) is 0 Å². The Kier molecular flexibility index (Phi) is 3.58. The zero-order valence-electron chi connectivity index (χ0n) is 8.61. The molecule has 0 radical (unpaired) electrons. The summed E-state index contributed by atoms with van der Waals surface area (Å²) in [6.45, 7) is 4.25. The van der Waals surface area contributed by atoms with E-state index in [1.165, 1.54) is 6.33 Å². The topological polar surface area (TPSA) is 71.8 Å². The fourth-order valence-electron chi connectivity index (χ4n) is 0.862. The maximum absolute atomic E-state index is 11.3. The van der Waals surface area contributed by atoms with E-state index in [1.54, 1.807) is 11.6 Å². The van der Waals surface area contributed by atoms with Gasteiger partial charge in [0.15, 0.2) is 0 Å². The molecule has 0 aliphatic rings. The average Bonchev–Trinajstić information content (AvgIpc) is 2.49. The van der Waals surface area contributed by atoms with Gasteiger partial charge in [-0.2, -0.15) is 0 Å². The first-order valence-electron chi connectivity index (χ1n) is 4.47. The zero-order chi connectivity index (χ0) is 10.6. The van der Waals surface area contributed by atoms with Gasteiger partial charge in [-0.15, -0.1) is 10.2 Å². The van der Waals surface area contributed by atoms with E-state index < -0.39 is 0 Å². The SMILES string of the molecule is CC(C)NCC(=O)Nc1nncn1C. The van der Waals surface area contributed by atoms with Gasteiger partial charge in [-0.3, -0.25) is 10.1 Å². The Morgan fingerprint density at radius 1 is 1.64 bits per heavy atom. The summed E-state index contributed by atoms with van der Waals surface area (Å²) < 4.78 is 1.65. The summed E-state index contributed by atoms with van der Waals surface area (Å²) in [4.78, 5) is 11.3. The molecule has 0 atom stereocenters. The molecule has 1 aromatic rings. The molecule has 0 saturated carbocycles. The van der Waals surface area contributed by atoms with Crippen molar-refractivity contribution in [3.63, 3.8) is 0 Å². The number of carbonyl (C=O) groups excluding carboxylic acids is 1. The minimum atomic E-state index is -0.116. The summed E-state index contributed by atoms with van der Waals surface area (Å²) in [7, 11) is 1.77. The third-order valence-corrected chi connectivity index (χ3v) is 1.63. The highest BCUT2D eigenvalue weighted by atomic mass is 16.2. The fraction of sp³-hybridized carbons (Fsp3) is 0.625. The van der Waals surface area contributed by atoms with Gasteiger partial charge < -0.3 is 9.88 Å². The van der Waals surface area contributed by atoms with Crippen LogP contribution in [0.3, 0.4) is 0 Å². The normalized spacial score (nSPS) is 10.6. The number of nitrogens with zero attached hydrogens (tertiary/aromatic N) is 3. The predicted octanol–water partition coefficient (Wildman–Crippen LogP) is -0.248. The minimum absolute atomic E-state index is 0.116. The maximum atomic E-state index is 11.3. The van der Waals surface area contributed by atoms with E-state index in [2.05, 4.69) is 20.8 Å². The Labute approximate surface area is 82.7 Å². The Morgan fingerprint density at radius 2 is 2.36 bits per heavy atom. The van der Waals surface area contributed by atoms with E-state index in [-0.39, 0.29) is 12.5 Å². The second-order valence-corrected chi connectivity index (χ2v) is 3.35. The first kappa shape index (κ1) is 10.6. The van der Waals surface area contributed by atoms with Gasteiger partial charge in [0, 0.05) is 13.1 Å². The van der Waals surface area contributed by atoms with Crippen LogP contribution in [0.2, 0.25) is 0 Å². The highest BCUT2D eigenvalue weighted by Crippen LogP contribution is 1.96. The number of nitrogens with one attached hydrogen (secondary N) is 2. The molecule has 6 heteroatoms. The number of aromatic nitrogens is 3. The van der Waals surface area contributed by atoms with Crippen LogP contribution in [0.5, 0.6) is 0 Å². The van der Waals surface area contributed by atoms with E-state index in [4.69, 9.17) is 0 Å². The number of anilines is 1. The van der Waals surface area contributed by atoms with Gasteiger partial charge in [-0.05, 0) is 0 Å². The van der Waals surface area contributed by atoms with Crippen LogP contribution in [-0.4, -0.2) is 33.3 Å². The van der Waals surface area contributed by atoms with E-state index in [0.29, 0.717) is 12.0 Å². The Balaban J connectivity index is 2.38. The molecular formula is C8H15N5O. The van der Waals surface area contributed by atoms with Crippen molar-refractivity contribution < 1.29 is 4.79 Å². The Morgan fingerprint density at radius 3 is 2.86 bits per heavy atom. The van der Waals surface area contributed by atoms with Crippen LogP contribution < -0.4 is 10.6 Å². The van der Waals surface area contributed by atoms with Crippen LogP contribution in [-0.2, 0) is 11.8 Å². The van der Waals surface area contributed by atoms with Crippen molar-refractivity contribution in [2.24, 2.45) is 7.05 Å². The summed E-state index contributed by atoms with van der Waals surface area (Å²) in [6, 6.07) is 0.292. The summed E-state index contributed by atoms with van der Waals surface area (Å²) in [6.07, 6.45) is 1.53. The van der Waals surface area contributed by atoms with Gasteiger partial charge in [-0.25, -0.2) is 0 Å². The lowest BCUT2D eigenvalue weighted by atomic mass is 10.4. The predicted molar refractivity (Wildman–Crippen MR) is 52.8 cm³/mol.